The lowest BCUT2D eigenvalue weighted by atomic mass is 10.0. The molecule has 40 heavy (non-hydrogen) atoms. The number of carbonyl (C=O) groups excluding carboxylic acids is 3. The molecule has 1 heterocycles. The van der Waals surface area contributed by atoms with Gasteiger partial charge in [-0.05, 0) is 31.0 Å². The molecule has 0 bridgehead atoms. The highest BCUT2D eigenvalue weighted by Gasteiger charge is 2.32. The highest BCUT2D eigenvalue weighted by atomic mass is 16.4. The van der Waals surface area contributed by atoms with Crippen LogP contribution in [0, 0.1) is 0 Å². The number of nitrogens with one attached hydrogen (secondary N) is 4. The summed E-state index contributed by atoms with van der Waals surface area (Å²) in [6.07, 6.45) is 0.952. The van der Waals surface area contributed by atoms with Crippen molar-refractivity contribution < 1.29 is 44.1 Å². The standard InChI is InChI=1S/C25H34N6O9/c26-8-4-3-6-15(27)22(36)29-17(10-20(32)33)23(37)30-18(11-21(34)35)24(38)31-19(25(39)40)9-13-12-28-16-7-2-1-5-14(13)16/h1-2,5,7,12,15,17-19,28H,3-4,6,8-11,26-27H2,(H,29,36)(H,30,37)(H,31,38)(H,32,33)(H,34,35)(H,39,40). The lowest BCUT2D eigenvalue weighted by Gasteiger charge is -2.24. The van der Waals surface area contributed by atoms with Gasteiger partial charge in [-0.2, -0.15) is 0 Å². The number of unbranched alkanes of at least 4 members (excludes halogenated alkanes) is 1. The molecule has 15 nitrogen and oxygen atoms in total. The number of H-pyrrole nitrogens is 1. The molecular weight excluding hydrogens is 528 g/mol. The third kappa shape index (κ3) is 9.67. The molecule has 2 rings (SSSR count). The number of benzene rings is 1. The fourth-order valence-corrected chi connectivity index (χ4v) is 3.95. The number of carbonyl (C=O) groups is 6. The average Bonchev–Trinajstić information content (AvgIpc) is 3.29. The number of fused-ring (bicyclic) bond motifs is 1. The summed E-state index contributed by atoms with van der Waals surface area (Å²) in [5, 5.41) is 35.5. The monoisotopic (exact) mass is 562 g/mol. The van der Waals surface area contributed by atoms with Crippen molar-refractivity contribution in [3.05, 3.63) is 36.0 Å². The number of hydrogen-bond acceptors (Lipinski definition) is 8. The van der Waals surface area contributed by atoms with Crippen molar-refractivity contribution in [1.29, 1.82) is 0 Å². The summed E-state index contributed by atoms with van der Waals surface area (Å²) >= 11 is 0. The summed E-state index contributed by atoms with van der Waals surface area (Å²) in [4.78, 5) is 75.9. The Morgan fingerprint density at radius 1 is 0.800 bits per heavy atom. The zero-order valence-corrected chi connectivity index (χ0v) is 21.6. The fraction of sp³-hybridized carbons (Fsp3) is 0.440. The average molecular weight is 563 g/mol. The van der Waals surface area contributed by atoms with E-state index < -0.39 is 72.6 Å². The summed E-state index contributed by atoms with van der Waals surface area (Å²) in [6.45, 7) is 0.385. The van der Waals surface area contributed by atoms with Gasteiger partial charge in [-0.1, -0.05) is 24.6 Å². The van der Waals surface area contributed by atoms with Crippen molar-refractivity contribution in [3.8, 4) is 0 Å². The van der Waals surface area contributed by atoms with E-state index in [4.69, 9.17) is 11.5 Å². The van der Waals surface area contributed by atoms with E-state index in [0.29, 0.717) is 24.9 Å². The number of rotatable bonds is 17. The lowest BCUT2D eigenvalue weighted by Crippen LogP contribution is -2.58. The zero-order valence-electron chi connectivity index (χ0n) is 21.6. The van der Waals surface area contributed by atoms with Crippen molar-refractivity contribution >= 4 is 46.5 Å². The van der Waals surface area contributed by atoms with Gasteiger partial charge in [0.1, 0.15) is 18.1 Å². The Bertz CT molecular complexity index is 1230. The van der Waals surface area contributed by atoms with Crippen LogP contribution < -0.4 is 27.4 Å². The number of nitrogens with two attached hydrogens (primary N) is 2. The maximum Gasteiger partial charge on any atom is 0.326 e. The fourth-order valence-electron chi connectivity index (χ4n) is 3.95. The molecule has 1 aromatic carbocycles. The molecule has 0 aliphatic rings. The summed E-state index contributed by atoms with van der Waals surface area (Å²) in [5.74, 6) is -7.46. The maximum atomic E-state index is 12.9. The first-order chi connectivity index (χ1) is 18.9. The number of aliphatic carboxylic acids is 3. The van der Waals surface area contributed by atoms with E-state index in [1.54, 1.807) is 30.5 Å². The van der Waals surface area contributed by atoms with Crippen molar-refractivity contribution in [2.45, 2.75) is 62.7 Å². The predicted octanol–water partition coefficient (Wildman–Crippen LogP) is -1.34. The van der Waals surface area contributed by atoms with Gasteiger partial charge in [-0.15, -0.1) is 0 Å². The minimum absolute atomic E-state index is 0.154. The molecule has 1 aromatic heterocycles. The van der Waals surface area contributed by atoms with Gasteiger partial charge in [0.25, 0.3) is 0 Å². The van der Waals surface area contributed by atoms with Crippen molar-refractivity contribution in [2.24, 2.45) is 11.5 Å². The molecule has 3 amide bonds. The minimum atomic E-state index is -1.78. The highest BCUT2D eigenvalue weighted by molar-refractivity contribution is 5.97. The lowest BCUT2D eigenvalue weighted by molar-refractivity contribution is -0.145. The molecular formula is C25H34N6O9. The number of aromatic amines is 1. The molecule has 0 spiro atoms. The van der Waals surface area contributed by atoms with Crippen LogP contribution in [-0.4, -0.2) is 86.6 Å². The van der Waals surface area contributed by atoms with Gasteiger partial charge in [0.05, 0.1) is 18.9 Å². The Morgan fingerprint density at radius 2 is 1.35 bits per heavy atom. The van der Waals surface area contributed by atoms with E-state index in [1.165, 1.54) is 0 Å². The van der Waals surface area contributed by atoms with Gasteiger partial charge >= 0.3 is 17.9 Å². The smallest absolute Gasteiger partial charge is 0.326 e. The molecule has 218 valence electrons. The molecule has 15 heteroatoms. The quantitative estimate of drug-likeness (QED) is 0.102. The second kappa shape index (κ2) is 15.2. The van der Waals surface area contributed by atoms with E-state index in [-0.39, 0.29) is 12.8 Å². The van der Waals surface area contributed by atoms with E-state index in [2.05, 4.69) is 20.9 Å². The number of carboxylic acids is 3. The molecule has 2 aromatic rings. The Morgan fingerprint density at radius 3 is 1.90 bits per heavy atom. The summed E-state index contributed by atoms with van der Waals surface area (Å²) < 4.78 is 0. The van der Waals surface area contributed by atoms with Crippen LogP contribution >= 0.6 is 0 Å². The van der Waals surface area contributed by atoms with Gasteiger partial charge < -0.3 is 47.7 Å². The number of para-hydroxylation sites is 1. The van der Waals surface area contributed by atoms with Crippen LogP contribution in [0.3, 0.4) is 0 Å². The third-order valence-corrected chi connectivity index (χ3v) is 6.04. The topological polar surface area (TPSA) is 267 Å². The Kier molecular flexibility index (Phi) is 12.0. The number of hydrogen-bond donors (Lipinski definition) is 9. The Balaban J connectivity index is 2.16. The summed E-state index contributed by atoms with van der Waals surface area (Å²) in [6, 6.07) is 1.08. The van der Waals surface area contributed by atoms with Gasteiger partial charge in [-0.3, -0.25) is 24.0 Å². The normalized spacial score (nSPS) is 13.9. The van der Waals surface area contributed by atoms with Crippen molar-refractivity contribution in [1.82, 2.24) is 20.9 Å². The zero-order chi connectivity index (χ0) is 29.8. The first kappa shape index (κ1) is 31.7. The van der Waals surface area contributed by atoms with Gasteiger partial charge in [0, 0.05) is 23.5 Å². The van der Waals surface area contributed by atoms with Crippen LogP contribution in [0.2, 0.25) is 0 Å². The van der Waals surface area contributed by atoms with Crippen LogP contribution in [0.4, 0.5) is 0 Å². The van der Waals surface area contributed by atoms with Crippen LogP contribution in [0.5, 0.6) is 0 Å². The van der Waals surface area contributed by atoms with Gasteiger partial charge in [0.15, 0.2) is 0 Å². The van der Waals surface area contributed by atoms with Crippen molar-refractivity contribution in [2.75, 3.05) is 6.54 Å². The number of carboxylic acid groups (broad SMARTS) is 3. The second-order valence-electron chi connectivity index (χ2n) is 9.17. The molecule has 0 radical (unpaired) electrons. The van der Waals surface area contributed by atoms with E-state index >= 15 is 0 Å². The summed E-state index contributed by atoms with van der Waals surface area (Å²) in [7, 11) is 0. The molecule has 0 fully saturated rings. The van der Waals surface area contributed by atoms with Crippen LogP contribution in [-0.2, 0) is 35.2 Å². The molecule has 0 saturated carbocycles. The molecule has 0 aliphatic carbocycles. The Labute approximate surface area is 228 Å². The SMILES string of the molecule is NCCCCC(N)C(=O)NC(CC(=O)O)C(=O)NC(CC(=O)O)C(=O)NC(Cc1c[nH]c2ccccc12)C(=O)O. The van der Waals surface area contributed by atoms with Gasteiger partial charge in [-0.25, -0.2) is 4.79 Å². The first-order valence-corrected chi connectivity index (χ1v) is 12.5. The Hall–Kier alpha value is -4.50. The molecule has 4 unspecified atom stereocenters. The van der Waals surface area contributed by atoms with Crippen LogP contribution in [0.25, 0.3) is 10.9 Å². The van der Waals surface area contributed by atoms with E-state index in [1.807, 2.05) is 0 Å². The predicted molar refractivity (Wildman–Crippen MR) is 141 cm³/mol. The van der Waals surface area contributed by atoms with Crippen LogP contribution in [0.1, 0.15) is 37.7 Å². The first-order valence-electron chi connectivity index (χ1n) is 12.5. The van der Waals surface area contributed by atoms with E-state index in [9.17, 15) is 44.1 Å². The minimum Gasteiger partial charge on any atom is -0.481 e. The molecule has 4 atom stereocenters. The second-order valence-corrected chi connectivity index (χ2v) is 9.17. The molecule has 11 N–H and O–H groups in total. The summed E-state index contributed by atoms with van der Waals surface area (Å²) in [5.41, 5.74) is 12.5. The maximum absolute atomic E-state index is 12.9. The number of aromatic nitrogens is 1. The van der Waals surface area contributed by atoms with Gasteiger partial charge in [0.2, 0.25) is 17.7 Å². The van der Waals surface area contributed by atoms with Crippen LogP contribution in [0.15, 0.2) is 30.5 Å². The molecule has 0 saturated heterocycles. The number of amides is 3. The van der Waals surface area contributed by atoms with E-state index in [0.717, 1.165) is 10.9 Å². The largest absolute Gasteiger partial charge is 0.481 e. The molecule has 0 aliphatic heterocycles. The van der Waals surface area contributed by atoms with Crippen molar-refractivity contribution in [3.63, 3.8) is 0 Å². The third-order valence-electron chi connectivity index (χ3n) is 6.04. The highest BCUT2D eigenvalue weighted by Crippen LogP contribution is 2.19.